The Morgan fingerprint density at radius 3 is 2.86 bits per heavy atom. The number of nitrogens with one attached hydrogen (secondary N) is 2. The number of nitrogens with zero attached hydrogens (tertiary/aromatic N) is 3. The predicted octanol–water partition coefficient (Wildman–Crippen LogP) is 3.32. The van der Waals surface area contributed by atoms with E-state index in [0.29, 0.717) is 12.2 Å². The average molecular weight is 289 g/mol. The maximum atomic E-state index is 11.8. The summed E-state index contributed by atoms with van der Waals surface area (Å²) in [5.41, 5.74) is 1.51. The van der Waals surface area contributed by atoms with Crippen molar-refractivity contribution in [2.45, 2.75) is 46.1 Å². The van der Waals surface area contributed by atoms with Crippen molar-refractivity contribution in [2.24, 2.45) is 0 Å². The number of urea groups is 1. The van der Waals surface area contributed by atoms with Crippen LogP contribution in [-0.2, 0) is 0 Å². The van der Waals surface area contributed by atoms with E-state index in [0.717, 1.165) is 30.3 Å². The molecule has 0 saturated heterocycles. The van der Waals surface area contributed by atoms with E-state index in [4.69, 9.17) is 0 Å². The molecule has 2 aromatic heterocycles. The van der Waals surface area contributed by atoms with Crippen LogP contribution in [0, 0.1) is 0 Å². The van der Waals surface area contributed by atoms with E-state index in [9.17, 15) is 4.79 Å². The number of carbonyl (C=O) groups is 1. The highest BCUT2D eigenvalue weighted by Gasteiger charge is 2.08. The SMILES string of the molecule is CCCCCNC(=O)Nc1cnc2c(cnn2C(C)C)c1. The number of rotatable bonds is 6. The van der Waals surface area contributed by atoms with Gasteiger partial charge in [0, 0.05) is 18.0 Å². The topological polar surface area (TPSA) is 71.8 Å². The number of amides is 2. The molecule has 0 bridgehead atoms. The van der Waals surface area contributed by atoms with Gasteiger partial charge >= 0.3 is 6.03 Å². The quantitative estimate of drug-likeness (QED) is 0.801. The summed E-state index contributed by atoms with van der Waals surface area (Å²) in [6.45, 7) is 6.95. The Morgan fingerprint density at radius 1 is 1.33 bits per heavy atom. The standard InChI is InChI=1S/C15H23N5O/c1-4-5-6-7-16-15(21)19-13-8-12-9-18-20(11(2)3)14(12)17-10-13/h8-11H,4-7H2,1-3H3,(H2,16,19,21). The van der Waals surface area contributed by atoms with Gasteiger partial charge in [0.15, 0.2) is 5.65 Å². The summed E-state index contributed by atoms with van der Waals surface area (Å²) in [5, 5.41) is 10.9. The van der Waals surface area contributed by atoms with Gasteiger partial charge in [0.05, 0.1) is 18.1 Å². The van der Waals surface area contributed by atoms with Crippen molar-refractivity contribution in [2.75, 3.05) is 11.9 Å². The smallest absolute Gasteiger partial charge is 0.319 e. The number of aromatic nitrogens is 3. The van der Waals surface area contributed by atoms with E-state index in [2.05, 4.69) is 41.5 Å². The first-order chi connectivity index (χ1) is 10.1. The minimum absolute atomic E-state index is 0.191. The number of unbranched alkanes of at least 4 members (excludes halogenated alkanes) is 2. The largest absolute Gasteiger partial charge is 0.338 e. The van der Waals surface area contributed by atoms with Crippen LogP contribution in [0.5, 0.6) is 0 Å². The van der Waals surface area contributed by atoms with Crippen LogP contribution >= 0.6 is 0 Å². The molecule has 0 fully saturated rings. The predicted molar refractivity (Wildman–Crippen MR) is 84.5 cm³/mol. The van der Waals surface area contributed by atoms with Crippen LogP contribution in [0.25, 0.3) is 11.0 Å². The summed E-state index contributed by atoms with van der Waals surface area (Å²) in [6, 6.07) is 1.96. The highest BCUT2D eigenvalue weighted by molar-refractivity contribution is 5.91. The van der Waals surface area contributed by atoms with Gasteiger partial charge in [-0.3, -0.25) is 0 Å². The van der Waals surface area contributed by atoms with Crippen LogP contribution in [0.4, 0.5) is 10.5 Å². The molecule has 6 nitrogen and oxygen atoms in total. The maximum Gasteiger partial charge on any atom is 0.319 e. The molecule has 0 aliphatic carbocycles. The highest BCUT2D eigenvalue weighted by atomic mass is 16.2. The van der Waals surface area contributed by atoms with Crippen molar-refractivity contribution in [1.82, 2.24) is 20.1 Å². The molecule has 21 heavy (non-hydrogen) atoms. The number of carbonyl (C=O) groups excluding carboxylic acids is 1. The van der Waals surface area contributed by atoms with Crippen LogP contribution in [-0.4, -0.2) is 27.3 Å². The molecule has 0 spiro atoms. The first-order valence-electron chi connectivity index (χ1n) is 7.50. The summed E-state index contributed by atoms with van der Waals surface area (Å²) in [5.74, 6) is 0. The fraction of sp³-hybridized carbons (Fsp3) is 0.533. The second kappa shape index (κ2) is 7.06. The van der Waals surface area contributed by atoms with Crippen molar-refractivity contribution in [3.8, 4) is 0 Å². The van der Waals surface area contributed by atoms with Crippen LogP contribution in [0.2, 0.25) is 0 Å². The van der Waals surface area contributed by atoms with Gasteiger partial charge in [-0.25, -0.2) is 14.5 Å². The molecule has 0 unspecified atom stereocenters. The van der Waals surface area contributed by atoms with Gasteiger partial charge in [0.25, 0.3) is 0 Å². The van der Waals surface area contributed by atoms with Gasteiger partial charge in [0.2, 0.25) is 0 Å². The fourth-order valence-electron chi connectivity index (χ4n) is 2.14. The third kappa shape index (κ3) is 3.93. The van der Waals surface area contributed by atoms with E-state index in [1.807, 2.05) is 10.7 Å². The second-order valence-electron chi connectivity index (χ2n) is 5.41. The first-order valence-corrected chi connectivity index (χ1v) is 7.50. The van der Waals surface area contributed by atoms with E-state index >= 15 is 0 Å². The molecule has 0 saturated carbocycles. The number of pyridine rings is 1. The van der Waals surface area contributed by atoms with Crippen LogP contribution in [0.1, 0.15) is 46.1 Å². The van der Waals surface area contributed by atoms with Crippen molar-refractivity contribution in [3.63, 3.8) is 0 Å². The average Bonchev–Trinajstić information content (AvgIpc) is 2.87. The zero-order valence-corrected chi connectivity index (χ0v) is 12.9. The number of fused-ring (bicyclic) bond motifs is 1. The molecule has 114 valence electrons. The van der Waals surface area contributed by atoms with Crippen molar-refractivity contribution in [3.05, 3.63) is 18.5 Å². The van der Waals surface area contributed by atoms with Gasteiger partial charge in [-0.15, -0.1) is 0 Å². The summed E-state index contributed by atoms with van der Waals surface area (Å²) >= 11 is 0. The zero-order valence-electron chi connectivity index (χ0n) is 12.9. The lowest BCUT2D eigenvalue weighted by Gasteiger charge is -2.08. The van der Waals surface area contributed by atoms with Crippen LogP contribution < -0.4 is 10.6 Å². The summed E-state index contributed by atoms with van der Waals surface area (Å²) in [7, 11) is 0. The zero-order chi connectivity index (χ0) is 15.2. The molecule has 6 heteroatoms. The van der Waals surface area contributed by atoms with Crippen molar-refractivity contribution >= 4 is 22.8 Å². The maximum absolute atomic E-state index is 11.8. The minimum Gasteiger partial charge on any atom is -0.338 e. The molecular weight excluding hydrogens is 266 g/mol. The minimum atomic E-state index is -0.191. The molecule has 2 heterocycles. The summed E-state index contributed by atoms with van der Waals surface area (Å²) < 4.78 is 1.87. The van der Waals surface area contributed by atoms with Gasteiger partial charge in [-0.1, -0.05) is 19.8 Å². The van der Waals surface area contributed by atoms with Crippen molar-refractivity contribution < 1.29 is 4.79 Å². The monoisotopic (exact) mass is 289 g/mol. The molecule has 2 amide bonds. The summed E-state index contributed by atoms with van der Waals surface area (Å²) in [4.78, 5) is 16.1. The fourth-order valence-corrected chi connectivity index (χ4v) is 2.14. The second-order valence-corrected chi connectivity index (χ2v) is 5.41. The lowest BCUT2D eigenvalue weighted by molar-refractivity contribution is 0.252. The molecule has 2 N–H and O–H groups in total. The number of hydrogen-bond donors (Lipinski definition) is 2. The third-order valence-corrected chi connectivity index (χ3v) is 3.25. The first kappa shape index (κ1) is 15.3. The molecule has 0 atom stereocenters. The Labute approximate surface area is 124 Å². The molecule has 2 rings (SSSR count). The van der Waals surface area contributed by atoms with Gasteiger partial charge < -0.3 is 10.6 Å². The van der Waals surface area contributed by atoms with Gasteiger partial charge in [0.1, 0.15) is 0 Å². The molecular formula is C15H23N5O. The van der Waals surface area contributed by atoms with E-state index < -0.39 is 0 Å². The van der Waals surface area contributed by atoms with Crippen LogP contribution in [0.15, 0.2) is 18.5 Å². The normalized spacial score (nSPS) is 11.0. The summed E-state index contributed by atoms with van der Waals surface area (Å²) in [6.07, 6.45) is 6.70. The Morgan fingerprint density at radius 2 is 2.14 bits per heavy atom. The van der Waals surface area contributed by atoms with E-state index in [-0.39, 0.29) is 12.1 Å². The third-order valence-electron chi connectivity index (χ3n) is 3.25. The Kier molecular flexibility index (Phi) is 5.14. The lowest BCUT2D eigenvalue weighted by atomic mass is 10.2. The molecule has 0 aromatic carbocycles. The Bertz CT molecular complexity index is 605. The van der Waals surface area contributed by atoms with Gasteiger partial charge in [-0.2, -0.15) is 5.10 Å². The van der Waals surface area contributed by atoms with Crippen LogP contribution in [0.3, 0.4) is 0 Å². The highest BCUT2D eigenvalue weighted by Crippen LogP contribution is 2.18. The molecule has 0 radical (unpaired) electrons. The molecule has 0 aliphatic rings. The Balaban J connectivity index is 1.98. The van der Waals surface area contributed by atoms with E-state index in [1.165, 1.54) is 0 Å². The molecule has 0 aliphatic heterocycles. The number of anilines is 1. The number of hydrogen-bond acceptors (Lipinski definition) is 3. The van der Waals surface area contributed by atoms with E-state index in [1.54, 1.807) is 12.4 Å². The lowest BCUT2D eigenvalue weighted by Crippen LogP contribution is -2.29. The van der Waals surface area contributed by atoms with Gasteiger partial charge in [-0.05, 0) is 26.3 Å². The molecule has 2 aromatic rings. The Hall–Kier alpha value is -2.11. The van der Waals surface area contributed by atoms with Crippen molar-refractivity contribution in [1.29, 1.82) is 0 Å².